The lowest BCUT2D eigenvalue weighted by atomic mass is 9.91. The number of aliphatic hydroxyl groups is 1. The summed E-state index contributed by atoms with van der Waals surface area (Å²) in [4.78, 5) is 34.8. The second-order valence-corrected chi connectivity index (χ2v) is 5.12. The average Bonchev–Trinajstić information content (AvgIpc) is 2.47. The molecular weight excluding hydrogens is 294 g/mol. The second-order valence-electron chi connectivity index (χ2n) is 5.12. The van der Waals surface area contributed by atoms with Gasteiger partial charge in [0.25, 0.3) is 11.6 Å². The van der Waals surface area contributed by atoms with E-state index in [9.17, 15) is 24.8 Å². The van der Waals surface area contributed by atoms with Crippen molar-refractivity contribution in [2.24, 2.45) is 0 Å². The Bertz CT molecular complexity index is 637. The van der Waals surface area contributed by atoms with Crippen LogP contribution >= 0.6 is 0 Å². The van der Waals surface area contributed by atoms with Crippen LogP contribution in [-0.4, -0.2) is 50.6 Å². The molecule has 1 saturated heterocycles. The zero-order valence-corrected chi connectivity index (χ0v) is 11.6. The molecule has 1 aromatic rings. The number of nitro groups is 1. The standard InChI is InChI=1S/C13H15N3O6/c14-10-8(2-1-3-9(10)16(21)22)11(17)15-6-4-13(20,5-7-15)12(18)19/h1-3,20H,4-7,14H2,(H,18,19). The van der Waals surface area contributed by atoms with Crippen LogP contribution in [0.4, 0.5) is 11.4 Å². The van der Waals surface area contributed by atoms with Gasteiger partial charge in [0, 0.05) is 32.0 Å². The third-order valence-electron chi connectivity index (χ3n) is 3.79. The topological polar surface area (TPSA) is 147 Å². The number of likely N-dealkylation sites (tertiary alicyclic amines) is 1. The molecule has 0 saturated carbocycles. The first-order chi connectivity index (χ1) is 10.3. The molecule has 0 radical (unpaired) electrons. The van der Waals surface area contributed by atoms with Gasteiger partial charge < -0.3 is 20.8 Å². The number of nitro benzene ring substituents is 1. The third kappa shape index (κ3) is 2.70. The molecule has 9 heteroatoms. The van der Waals surface area contributed by atoms with E-state index >= 15 is 0 Å². The van der Waals surface area contributed by atoms with Crippen LogP contribution in [0.1, 0.15) is 23.2 Å². The van der Waals surface area contributed by atoms with Crippen LogP contribution in [0.25, 0.3) is 0 Å². The van der Waals surface area contributed by atoms with Crippen molar-refractivity contribution in [1.29, 1.82) is 0 Å². The van der Waals surface area contributed by atoms with Gasteiger partial charge in [-0.25, -0.2) is 4.79 Å². The van der Waals surface area contributed by atoms with Crippen molar-refractivity contribution in [2.45, 2.75) is 18.4 Å². The van der Waals surface area contributed by atoms with E-state index in [1.165, 1.54) is 23.1 Å². The van der Waals surface area contributed by atoms with E-state index < -0.39 is 22.4 Å². The monoisotopic (exact) mass is 309 g/mol. The molecule has 1 heterocycles. The Morgan fingerprint density at radius 2 is 1.91 bits per heavy atom. The van der Waals surface area contributed by atoms with Crippen molar-refractivity contribution < 1.29 is 24.7 Å². The van der Waals surface area contributed by atoms with Crippen molar-refractivity contribution in [1.82, 2.24) is 4.90 Å². The van der Waals surface area contributed by atoms with Crippen LogP contribution in [0, 0.1) is 10.1 Å². The van der Waals surface area contributed by atoms with Gasteiger partial charge in [-0.3, -0.25) is 14.9 Å². The summed E-state index contributed by atoms with van der Waals surface area (Å²) in [5.41, 5.74) is 3.23. The number of piperidine rings is 1. The van der Waals surface area contributed by atoms with Crippen LogP contribution in [-0.2, 0) is 4.79 Å². The summed E-state index contributed by atoms with van der Waals surface area (Å²) in [7, 11) is 0. The van der Waals surface area contributed by atoms with Crippen LogP contribution in [0.15, 0.2) is 18.2 Å². The Kier molecular flexibility index (Phi) is 4.00. The Morgan fingerprint density at radius 3 is 2.41 bits per heavy atom. The minimum Gasteiger partial charge on any atom is -0.479 e. The van der Waals surface area contributed by atoms with Gasteiger partial charge >= 0.3 is 5.97 Å². The predicted octanol–water partition coefficient (Wildman–Crippen LogP) is 0.229. The highest BCUT2D eigenvalue weighted by Crippen LogP contribution is 2.28. The van der Waals surface area contributed by atoms with Gasteiger partial charge in [-0.05, 0) is 6.07 Å². The van der Waals surface area contributed by atoms with Gasteiger partial charge in [0.05, 0.1) is 10.5 Å². The van der Waals surface area contributed by atoms with E-state index in [2.05, 4.69) is 0 Å². The number of anilines is 1. The highest BCUT2D eigenvalue weighted by molar-refractivity contribution is 6.01. The quantitative estimate of drug-likeness (QED) is 0.411. The molecule has 4 N–H and O–H groups in total. The Balaban J connectivity index is 2.19. The summed E-state index contributed by atoms with van der Waals surface area (Å²) in [5, 5.41) is 29.6. The van der Waals surface area contributed by atoms with Crippen molar-refractivity contribution in [3.05, 3.63) is 33.9 Å². The zero-order valence-electron chi connectivity index (χ0n) is 11.6. The number of hydrogen-bond acceptors (Lipinski definition) is 6. The number of amides is 1. The number of carboxylic acid groups (broad SMARTS) is 1. The van der Waals surface area contributed by atoms with Gasteiger partial charge in [-0.1, -0.05) is 6.07 Å². The molecule has 0 spiro atoms. The van der Waals surface area contributed by atoms with Crippen molar-refractivity contribution in [3.8, 4) is 0 Å². The Labute approximate surface area is 125 Å². The average molecular weight is 309 g/mol. The summed E-state index contributed by atoms with van der Waals surface area (Å²) in [6, 6.07) is 3.94. The van der Waals surface area contributed by atoms with Crippen molar-refractivity contribution in [3.63, 3.8) is 0 Å². The summed E-state index contributed by atoms with van der Waals surface area (Å²) in [6.45, 7) is 0.0630. The lowest BCUT2D eigenvalue weighted by Gasteiger charge is -2.35. The molecular formula is C13H15N3O6. The highest BCUT2D eigenvalue weighted by Gasteiger charge is 2.40. The lowest BCUT2D eigenvalue weighted by molar-refractivity contribution is -0.383. The molecule has 9 nitrogen and oxygen atoms in total. The molecule has 0 bridgehead atoms. The first-order valence-corrected chi connectivity index (χ1v) is 6.54. The minimum absolute atomic E-state index is 0.00466. The fourth-order valence-electron chi connectivity index (χ4n) is 2.36. The maximum absolute atomic E-state index is 12.4. The molecule has 0 aliphatic carbocycles. The van der Waals surface area contributed by atoms with Crippen LogP contribution in [0.5, 0.6) is 0 Å². The van der Waals surface area contributed by atoms with Crippen LogP contribution in [0.3, 0.4) is 0 Å². The molecule has 1 amide bonds. The highest BCUT2D eigenvalue weighted by atomic mass is 16.6. The van der Waals surface area contributed by atoms with Gasteiger partial charge in [-0.15, -0.1) is 0 Å². The third-order valence-corrected chi connectivity index (χ3v) is 3.79. The van der Waals surface area contributed by atoms with Crippen LogP contribution < -0.4 is 5.73 Å². The number of rotatable bonds is 3. The molecule has 0 atom stereocenters. The second kappa shape index (κ2) is 5.60. The number of benzene rings is 1. The number of carbonyl (C=O) groups excluding carboxylic acids is 1. The molecule has 22 heavy (non-hydrogen) atoms. The predicted molar refractivity (Wildman–Crippen MR) is 75.2 cm³/mol. The first kappa shape index (κ1) is 15.7. The van der Waals surface area contributed by atoms with E-state index in [-0.39, 0.29) is 42.9 Å². The molecule has 2 rings (SSSR count). The Hall–Kier alpha value is -2.68. The number of aliphatic carboxylic acids is 1. The molecule has 1 aromatic carbocycles. The Morgan fingerprint density at radius 1 is 1.32 bits per heavy atom. The molecule has 1 aliphatic heterocycles. The SMILES string of the molecule is Nc1c(C(=O)N2CCC(O)(C(=O)O)CC2)cccc1[N+](=O)[O-]. The first-order valence-electron chi connectivity index (χ1n) is 6.54. The van der Waals surface area contributed by atoms with E-state index in [1.54, 1.807) is 0 Å². The summed E-state index contributed by atoms with van der Waals surface area (Å²) >= 11 is 0. The van der Waals surface area contributed by atoms with Crippen molar-refractivity contribution >= 4 is 23.3 Å². The maximum Gasteiger partial charge on any atom is 0.335 e. The van der Waals surface area contributed by atoms with E-state index in [0.717, 1.165) is 0 Å². The molecule has 0 aromatic heterocycles. The van der Waals surface area contributed by atoms with E-state index in [1.807, 2.05) is 0 Å². The molecule has 1 fully saturated rings. The number of para-hydroxylation sites is 1. The zero-order chi connectivity index (χ0) is 16.5. The normalized spacial score (nSPS) is 17.0. The number of nitrogens with two attached hydrogens (primary N) is 1. The van der Waals surface area contributed by atoms with Gasteiger partial charge in [-0.2, -0.15) is 0 Å². The molecule has 0 unspecified atom stereocenters. The molecule has 118 valence electrons. The summed E-state index contributed by atoms with van der Waals surface area (Å²) < 4.78 is 0. The van der Waals surface area contributed by atoms with E-state index in [0.29, 0.717) is 0 Å². The number of carbonyl (C=O) groups is 2. The summed E-state index contributed by atoms with van der Waals surface area (Å²) in [6.07, 6.45) is -0.216. The van der Waals surface area contributed by atoms with Gasteiger partial charge in [0.2, 0.25) is 0 Å². The largest absolute Gasteiger partial charge is 0.479 e. The fraction of sp³-hybridized carbons (Fsp3) is 0.385. The fourth-order valence-corrected chi connectivity index (χ4v) is 2.36. The van der Waals surface area contributed by atoms with Gasteiger partial charge in [0.15, 0.2) is 5.60 Å². The number of nitrogen functional groups attached to an aromatic ring is 1. The van der Waals surface area contributed by atoms with E-state index in [4.69, 9.17) is 10.8 Å². The number of nitrogens with zero attached hydrogens (tertiary/aromatic N) is 2. The molecule has 1 aliphatic rings. The number of hydrogen-bond donors (Lipinski definition) is 3. The maximum atomic E-state index is 12.4. The minimum atomic E-state index is -1.84. The van der Waals surface area contributed by atoms with Gasteiger partial charge in [0.1, 0.15) is 5.69 Å². The van der Waals surface area contributed by atoms with Crippen molar-refractivity contribution in [2.75, 3.05) is 18.8 Å². The summed E-state index contributed by atoms with van der Waals surface area (Å²) in [5.74, 6) is -1.84. The number of carboxylic acids is 1. The lowest BCUT2D eigenvalue weighted by Crippen LogP contribution is -2.50. The van der Waals surface area contributed by atoms with Crippen LogP contribution in [0.2, 0.25) is 0 Å². The smallest absolute Gasteiger partial charge is 0.335 e.